The van der Waals surface area contributed by atoms with Crippen LogP contribution in [-0.4, -0.2) is 27.4 Å². The third-order valence-electron chi connectivity index (χ3n) is 8.30. The zero-order chi connectivity index (χ0) is 14.6. The maximum atomic E-state index is 5.90. The maximum Gasteiger partial charge on any atom is 0.0551 e. The quantitative estimate of drug-likeness (QED) is 0.721. The molecule has 0 radical (unpaired) electrons. The molecule has 0 amide bonds. The van der Waals surface area contributed by atoms with Crippen molar-refractivity contribution >= 4 is 0 Å². The van der Waals surface area contributed by atoms with Crippen molar-refractivity contribution in [1.82, 2.24) is 0 Å². The zero-order valence-corrected chi connectivity index (χ0v) is 14.0. The fourth-order valence-electron chi connectivity index (χ4n) is 7.44. The summed E-state index contributed by atoms with van der Waals surface area (Å²) in [6.45, 7) is 1.86. The van der Waals surface area contributed by atoms with Crippen molar-refractivity contribution in [3.05, 3.63) is 0 Å². The molecule has 0 atom stereocenters. The van der Waals surface area contributed by atoms with E-state index in [4.69, 9.17) is 9.47 Å². The average molecular weight is 292 g/mol. The van der Waals surface area contributed by atoms with Gasteiger partial charge in [0.05, 0.1) is 13.2 Å². The SMILES string of the molecule is COCC(COC)(C12CCC(CC1)C2)C12CCC(CC1)C2. The molecule has 0 unspecified atom stereocenters. The molecule has 0 saturated heterocycles. The lowest BCUT2D eigenvalue weighted by atomic mass is 9.49. The topological polar surface area (TPSA) is 18.5 Å². The van der Waals surface area contributed by atoms with Crippen LogP contribution in [0, 0.1) is 28.1 Å². The number of hydrogen-bond donors (Lipinski definition) is 0. The molecule has 4 rings (SSSR count). The molecule has 4 fully saturated rings. The lowest BCUT2D eigenvalue weighted by Gasteiger charge is -2.57. The molecule has 4 aliphatic rings. The molecular weight excluding hydrogens is 260 g/mol. The first-order valence-corrected chi connectivity index (χ1v) is 9.17. The van der Waals surface area contributed by atoms with Gasteiger partial charge in [0.2, 0.25) is 0 Å². The highest BCUT2D eigenvalue weighted by molar-refractivity contribution is 5.17. The molecule has 0 aromatic rings. The summed E-state index contributed by atoms with van der Waals surface area (Å²) in [7, 11) is 3.83. The average Bonchev–Trinajstić information content (AvgIpc) is 3.27. The third-order valence-corrected chi connectivity index (χ3v) is 8.30. The van der Waals surface area contributed by atoms with E-state index >= 15 is 0 Å². The van der Waals surface area contributed by atoms with Gasteiger partial charge in [-0.15, -0.1) is 0 Å². The number of ether oxygens (including phenoxy) is 2. The molecule has 120 valence electrons. The molecule has 0 aliphatic heterocycles. The molecule has 4 bridgehead atoms. The molecule has 21 heavy (non-hydrogen) atoms. The summed E-state index contributed by atoms with van der Waals surface area (Å²) >= 11 is 0. The molecule has 0 aromatic carbocycles. The van der Waals surface area contributed by atoms with E-state index in [-0.39, 0.29) is 0 Å². The Morgan fingerprint density at radius 2 is 1.14 bits per heavy atom. The van der Waals surface area contributed by atoms with Crippen molar-refractivity contribution in [3.63, 3.8) is 0 Å². The predicted octanol–water partition coefficient (Wildman–Crippen LogP) is 4.43. The van der Waals surface area contributed by atoms with Gasteiger partial charge in [-0.1, -0.05) is 0 Å². The molecule has 0 heterocycles. The minimum atomic E-state index is 0.292. The molecule has 4 aliphatic carbocycles. The highest BCUT2D eigenvalue weighted by Crippen LogP contribution is 2.74. The van der Waals surface area contributed by atoms with Crippen LogP contribution >= 0.6 is 0 Å². The van der Waals surface area contributed by atoms with Crippen LogP contribution in [0.1, 0.15) is 64.2 Å². The first-order valence-electron chi connectivity index (χ1n) is 9.17. The van der Waals surface area contributed by atoms with Gasteiger partial charge < -0.3 is 9.47 Å². The van der Waals surface area contributed by atoms with Crippen LogP contribution in [0.3, 0.4) is 0 Å². The molecule has 0 aromatic heterocycles. The van der Waals surface area contributed by atoms with E-state index in [2.05, 4.69) is 0 Å². The fraction of sp³-hybridized carbons (Fsp3) is 1.00. The van der Waals surface area contributed by atoms with Gasteiger partial charge in [0, 0.05) is 19.6 Å². The largest absolute Gasteiger partial charge is 0.384 e. The van der Waals surface area contributed by atoms with Crippen molar-refractivity contribution in [2.45, 2.75) is 64.2 Å². The van der Waals surface area contributed by atoms with E-state index in [0.717, 1.165) is 25.0 Å². The second-order valence-electron chi connectivity index (χ2n) is 8.80. The van der Waals surface area contributed by atoms with Crippen LogP contribution in [-0.2, 0) is 9.47 Å². The maximum absolute atomic E-state index is 5.90. The summed E-state index contributed by atoms with van der Waals surface area (Å²) in [5, 5.41) is 0. The minimum Gasteiger partial charge on any atom is -0.384 e. The van der Waals surface area contributed by atoms with E-state index in [1.165, 1.54) is 64.2 Å². The number of methoxy groups -OCH3 is 2. The Morgan fingerprint density at radius 3 is 1.38 bits per heavy atom. The van der Waals surface area contributed by atoms with E-state index in [0.29, 0.717) is 16.2 Å². The van der Waals surface area contributed by atoms with Crippen LogP contribution in [0.4, 0.5) is 0 Å². The van der Waals surface area contributed by atoms with Gasteiger partial charge in [-0.3, -0.25) is 0 Å². The highest BCUT2D eigenvalue weighted by atomic mass is 16.5. The van der Waals surface area contributed by atoms with E-state index in [9.17, 15) is 0 Å². The van der Waals surface area contributed by atoms with Crippen molar-refractivity contribution in [2.24, 2.45) is 28.1 Å². The zero-order valence-electron chi connectivity index (χ0n) is 14.0. The number of rotatable bonds is 6. The monoisotopic (exact) mass is 292 g/mol. The third kappa shape index (κ3) is 1.78. The summed E-state index contributed by atoms with van der Waals surface area (Å²) in [5.74, 6) is 2.01. The Kier molecular flexibility index (Phi) is 3.43. The Bertz CT molecular complexity index is 348. The second kappa shape index (κ2) is 4.96. The second-order valence-corrected chi connectivity index (χ2v) is 8.80. The van der Waals surface area contributed by atoms with Gasteiger partial charge in [-0.2, -0.15) is 0 Å². The Hall–Kier alpha value is -0.0800. The standard InChI is InChI=1S/C19H32O2/c1-20-13-19(14-21-2,17-7-3-15(11-17)4-8-17)18-9-5-16(12-18)6-10-18/h15-16H,3-14H2,1-2H3. The molecule has 2 nitrogen and oxygen atoms in total. The molecule has 0 spiro atoms. The number of fused-ring (bicyclic) bond motifs is 4. The van der Waals surface area contributed by atoms with Crippen molar-refractivity contribution in [2.75, 3.05) is 27.4 Å². The predicted molar refractivity (Wildman–Crippen MR) is 84.2 cm³/mol. The molecule has 0 N–H and O–H groups in total. The smallest absolute Gasteiger partial charge is 0.0551 e. The van der Waals surface area contributed by atoms with Crippen LogP contribution in [0.25, 0.3) is 0 Å². The number of hydrogen-bond acceptors (Lipinski definition) is 2. The van der Waals surface area contributed by atoms with E-state index in [1.54, 1.807) is 0 Å². The molecule has 4 saturated carbocycles. The first-order chi connectivity index (χ1) is 10.2. The first kappa shape index (κ1) is 14.5. The minimum absolute atomic E-state index is 0.292. The fourth-order valence-corrected chi connectivity index (χ4v) is 7.44. The van der Waals surface area contributed by atoms with Gasteiger partial charge in [-0.25, -0.2) is 0 Å². The summed E-state index contributed by atoms with van der Waals surface area (Å²) in [4.78, 5) is 0. The van der Waals surface area contributed by atoms with Gasteiger partial charge in [0.25, 0.3) is 0 Å². The highest BCUT2D eigenvalue weighted by Gasteiger charge is 2.68. The van der Waals surface area contributed by atoms with Gasteiger partial charge in [0.15, 0.2) is 0 Å². The van der Waals surface area contributed by atoms with Gasteiger partial charge >= 0.3 is 0 Å². The van der Waals surface area contributed by atoms with Gasteiger partial charge in [-0.05, 0) is 86.9 Å². The van der Waals surface area contributed by atoms with Crippen molar-refractivity contribution < 1.29 is 9.47 Å². The Labute approximate surface area is 130 Å². The van der Waals surface area contributed by atoms with Crippen LogP contribution in [0.15, 0.2) is 0 Å². The van der Waals surface area contributed by atoms with Gasteiger partial charge in [0.1, 0.15) is 0 Å². The molecule has 2 heteroatoms. The molecular formula is C19H32O2. The van der Waals surface area contributed by atoms with Crippen LogP contribution < -0.4 is 0 Å². The van der Waals surface area contributed by atoms with Crippen molar-refractivity contribution in [3.8, 4) is 0 Å². The van der Waals surface area contributed by atoms with Crippen molar-refractivity contribution in [1.29, 1.82) is 0 Å². The lowest BCUT2D eigenvalue weighted by Crippen LogP contribution is -2.56. The summed E-state index contributed by atoms with van der Waals surface area (Å²) < 4.78 is 11.8. The summed E-state index contributed by atoms with van der Waals surface area (Å²) in [6.07, 6.45) is 14.6. The lowest BCUT2D eigenvalue weighted by molar-refractivity contribution is -0.160. The normalized spacial score (nSPS) is 44.9. The Balaban J connectivity index is 1.77. The van der Waals surface area contributed by atoms with E-state index < -0.39 is 0 Å². The van der Waals surface area contributed by atoms with Crippen LogP contribution in [0.5, 0.6) is 0 Å². The van der Waals surface area contributed by atoms with Crippen LogP contribution in [0.2, 0.25) is 0 Å². The summed E-state index contributed by atoms with van der Waals surface area (Å²) in [6, 6.07) is 0. The summed E-state index contributed by atoms with van der Waals surface area (Å²) in [5.41, 5.74) is 1.35. The van der Waals surface area contributed by atoms with E-state index in [1.807, 2.05) is 14.2 Å². The Morgan fingerprint density at radius 1 is 0.762 bits per heavy atom.